The van der Waals surface area contributed by atoms with Crippen molar-refractivity contribution in [2.24, 2.45) is 0 Å². The molecule has 10 nitrogen and oxygen atoms in total. The zero-order valence-electron chi connectivity index (χ0n) is 11.8. The maximum absolute atomic E-state index is 11.2. The summed E-state index contributed by atoms with van der Waals surface area (Å²) in [5, 5.41) is 76.9. The van der Waals surface area contributed by atoms with Crippen LogP contribution >= 0.6 is 0 Å². The average molecular weight is 326 g/mol. The Labute approximate surface area is 125 Å². The first-order chi connectivity index (χ1) is 10.1. The number of carbonyl (C=O) groups excluding carboxylic acids is 1. The molecule has 22 heavy (non-hydrogen) atoms. The van der Waals surface area contributed by atoms with E-state index in [9.17, 15) is 40.5 Å². The fourth-order valence-electron chi connectivity index (χ4n) is 2.33. The minimum absolute atomic E-state index is 0.212. The summed E-state index contributed by atoms with van der Waals surface area (Å²) in [6.07, 6.45) is -14.7. The first-order valence-corrected chi connectivity index (χ1v) is 6.65. The molecule has 0 saturated carbocycles. The number of ether oxygens (including phenoxy) is 1. The van der Waals surface area contributed by atoms with Gasteiger partial charge in [-0.1, -0.05) is 0 Å². The molecule has 0 aromatic carbocycles. The predicted octanol–water partition coefficient (Wildman–Crippen LogP) is -5.14. The average Bonchev–Trinajstić information content (AvgIpc) is 2.53. The van der Waals surface area contributed by atoms with Gasteiger partial charge in [0.2, 0.25) is 0 Å². The van der Waals surface area contributed by atoms with Gasteiger partial charge in [0, 0.05) is 0 Å². The van der Waals surface area contributed by atoms with E-state index < -0.39 is 61.0 Å². The minimum Gasteiger partial charge on any atom is -0.394 e. The van der Waals surface area contributed by atoms with E-state index in [-0.39, 0.29) is 6.29 Å². The molecule has 130 valence electrons. The van der Waals surface area contributed by atoms with Gasteiger partial charge in [-0.15, -0.1) is 0 Å². The van der Waals surface area contributed by atoms with Gasteiger partial charge < -0.3 is 45.6 Å². The van der Waals surface area contributed by atoms with E-state index in [0.29, 0.717) is 0 Å². The lowest BCUT2D eigenvalue weighted by atomic mass is 9.80. The molecule has 1 aliphatic heterocycles. The van der Waals surface area contributed by atoms with Gasteiger partial charge in [0.1, 0.15) is 42.7 Å². The van der Waals surface area contributed by atoms with Crippen LogP contribution in [-0.4, -0.2) is 108 Å². The molecule has 0 aromatic rings. The van der Waals surface area contributed by atoms with Crippen molar-refractivity contribution in [1.82, 2.24) is 0 Å². The second-order valence-electron chi connectivity index (χ2n) is 5.42. The third kappa shape index (κ3) is 3.30. The van der Waals surface area contributed by atoms with Gasteiger partial charge in [0.25, 0.3) is 0 Å². The second kappa shape index (κ2) is 7.25. The number of rotatable bonds is 6. The fourth-order valence-corrected chi connectivity index (χ4v) is 2.33. The Hall–Kier alpha value is -0.690. The predicted molar refractivity (Wildman–Crippen MR) is 68.5 cm³/mol. The van der Waals surface area contributed by atoms with Crippen LogP contribution in [0.2, 0.25) is 0 Å². The first kappa shape index (κ1) is 19.4. The first-order valence-electron chi connectivity index (χ1n) is 6.65. The molecule has 0 aromatic heterocycles. The molecule has 1 heterocycles. The summed E-state index contributed by atoms with van der Waals surface area (Å²) in [6.45, 7) is 0.336. The molecule has 10 heteroatoms. The SMILES string of the molecule is C[C@@H]1O[C@@H](C(O)(C=O)C(O)C(O)C(O)CO)[C@H](O)[C@H](O)[C@H]1O. The number of aliphatic hydroxyl groups is 8. The molecule has 1 rings (SSSR count). The summed E-state index contributed by atoms with van der Waals surface area (Å²) < 4.78 is 5.07. The standard InChI is InChI=1S/C12H22O10/c1-4-6(16)8(18)9(19)11(22-4)12(21,3-14)10(20)7(17)5(15)2-13/h3-11,13,15-21H,2H2,1H3/t4-,5?,6-,7?,8+,9+,10?,11+,12?/m0/s1. The Morgan fingerprint density at radius 1 is 1.14 bits per heavy atom. The topological polar surface area (TPSA) is 188 Å². The highest BCUT2D eigenvalue weighted by Crippen LogP contribution is 2.31. The van der Waals surface area contributed by atoms with Crippen LogP contribution in [0.25, 0.3) is 0 Å². The van der Waals surface area contributed by atoms with Crippen LogP contribution in [0, 0.1) is 0 Å². The van der Waals surface area contributed by atoms with Gasteiger partial charge in [0.05, 0.1) is 12.7 Å². The van der Waals surface area contributed by atoms with Crippen molar-refractivity contribution < 1.29 is 50.4 Å². The van der Waals surface area contributed by atoms with Gasteiger partial charge in [0.15, 0.2) is 11.9 Å². The Morgan fingerprint density at radius 2 is 1.68 bits per heavy atom. The Bertz CT molecular complexity index is 379. The van der Waals surface area contributed by atoms with Gasteiger partial charge in [-0.3, -0.25) is 4.79 Å². The quantitative estimate of drug-likeness (QED) is 0.219. The van der Waals surface area contributed by atoms with Gasteiger partial charge >= 0.3 is 0 Å². The highest BCUT2D eigenvalue weighted by Gasteiger charge is 2.56. The van der Waals surface area contributed by atoms with E-state index in [2.05, 4.69) is 0 Å². The fraction of sp³-hybridized carbons (Fsp3) is 0.917. The maximum atomic E-state index is 11.2. The summed E-state index contributed by atoms with van der Waals surface area (Å²) in [4.78, 5) is 11.2. The molecule has 0 radical (unpaired) electrons. The van der Waals surface area contributed by atoms with Gasteiger partial charge in [-0.05, 0) is 6.92 Å². The summed E-state index contributed by atoms with van der Waals surface area (Å²) in [6, 6.07) is 0. The molecule has 8 N–H and O–H groups in total. The molecule has 0 spiro atoms. The number of aldehydes is 1. The molecule has 0 amide bonds. The Balaban J connectivity index is 3.08. The molecule has 1 aliphatic rings. The molecule has 0 bridgehead atoms. The number of aliphatic hydroxyl groups excluding tert-OH is 7. The highest BCUT2D eigenvalue weighted by atomic mass is 16.6. The van der Waals surface area contributed by atoms with Crippen LogP contribution in [0.5, 0.6) is 0 Å². The monoisotopic (exact) mass is 326 g/mol. The van der Waals surface area contributed by atoms with Crippen molar-refractivity contribution in [2.45, 2.75) is 61.4 Å². The normalized spacial score (nSPS) is 39.6. The van der Waals surface area contributed by atoms with Crippen LogP contribution in [0.15, 0.2) is 0 Å². The molecule has 1 fully saturated rings. The van der Waals surface area contributed by atoms with E-state index >= 15 is 0 Å². The second-order valence-corrected chi connectivity index (χ2v) is 5.42. The highest BCUT2D eigenvalue weighted by molar-refractivity contribution is 5.65. The Kier molecular flexibility index (Phi) is 6.38. The Morgan fingerprint density at radius 3 is 2.14 bits per heavy atom. The maximum Gasteiger partial charge on any atom is 0.177 e. The minimum atomic E-state index is -2.90. The van der Waals surface area contributed by atoms with Crippen molar-refractivity contribution >= 4 is 6.29 Å². The van der Waals surface area contributed by atoms with Crippen LogP contribution in [-0.2, 0) is 9.53 Å². The van der Waals surface area contributed by atoms with Gasteiger partial charge in [-0.25, -0.2) is 0 Å². The van der Waals surface area contributed by atoms with Crippen LogP contribution in [0.3, 0.4) is 0 Å². The zero-order chi connectivity index (χ0) is 17.2. The number of hydrogen-bond acceptors (Lipinski definition) is 10. The third-order valence-electron chi connectivity index (χ3n) is 3.88. The molecular formula is C12H22O10. The molecular weight excluding hydrogens is 304 g/mol. The smallest absolute Gasteiger partial charge is 0.177 e. The molecule has 1 saturated heterocycles. The van der Waals surface area contributed by atoms with Crippen molar-refractivity contribution in [3.8, 4) is 0 Å². The van der Waals surface area contributed by atoms with Crippen LogP contribution < -0.4 is 0 Å². The lowest BCUT2D eigenvalue weighted by molar-refractivity contribution is -0.276. The largest absolute Gasteiger partial charge is 0.394 e. The molecule has 9 atom stereocenters. The van der Waals surface area contributed by atoms with E-state index in [1.165, 1.54) is 6.92 Å². The summed E-state index contributed by atoms with van der Waals surface area (Å²) >= 11 is 0. The number of carbonyl (C=O) groups is 1. The van der Waals surface area contributed by atoms with E-state index in [0.717, 1.165) is 0 Å². The van der Waals surface area contributed by atoms with Crippen molar-refractivity contribution in [2.75, 3.05) is 6.61 Å². The zero-order valence-corrected chi connectivity index (χ0v) is 11.8. The van der Waals surface area contributed by atoms with E-state index in [4.69, 9.17) is 9.84 Å². The summed E-state index contributed by atoms with van der Waals surface area (Å²) in [5.41, 5.74) is -2.90. The molecule has 0 aliphatic carbocycles. The lowest BCUT2D eigenvalue weighted by Gasteiger charge is -2.46. The lowest BCUT2D eigenvalue weighted by Crippen LogP contribution is -2.70. The van der Waals surface area contributed by atoms with E-state index in [1.807, 2.05) is 0 Å². The van der Waals surface area contributed by atoms with Crippen molar-refractivity contribution in [3.63, 3.8) is 0 Å². The van der Waals surface area contributed by atoms with Gasteiger partial charge in [-0.2, -0.15) is 0 Å². The molecule has 4 unspecified atom stereocenters. The van der Waals surface area contributed by atoms with Crippen molar-refractivity contribution in [3.05, 3.63) is 0 Å². The van der Waals surface area contributed by atoms with Crippen LogP contribution in [0.4, 0.5) is 0 Å². The third-order valence-corrected chi connectivity index (χ3v) is 3.88. The summed E-state index contributed by atoms with van der Waals surface area (Å²) in [7, 11) is 0. The number of hydrogen-bond donors (Lipinski definition) is 8. The summed E-state index contributed by atoms with van der Waals surface area (Å²) in [5.74, 6) is 0. The van der Waals surface area contributed by atoms with Crippen LogP contribution in [0.1, 0.15) is 6.92 Å². The van der Waals surface area contributed by atoms with E-state index in [1.54, 1.807) is 0 Å². The van der Waals surface area contributed by atoms with Crippen molar-refractivity contribution in [1.29, 1.82) is 0 Å².